The van der Waals surface area contributed by atoms with E-state index in [4.69, 9.17) is 19.4 Å². The van der Waals surface area contributed by atoms with Crippen molar-refractivity contribution in [3.63, 3.8) is 0 Å². The molecule has 2 aromatic heterocycles. The zero-order valence-electron chi connectivity index (χ0n) is 26.0. The van der Waals surface area contributed by atoms with E-state index in [1.165, 1.54) is 0 Å². The molecule has 9 nitrogen and oxygen atoms in total. The lowest BCUT2D eigenvalue weighted by Gasteiger charge is -2.42. The predicted octanol–water partition coefficient (Wildman–Crippen LogP) is 6.83. The molecule has 1 aliphatic carbocycles. The van der Waals surface area contributed by atoms with Crippen molar-refractivity contribution in [2.45, 2.75) is 83.3 Å². The lowest BCUT2D eigenvalue weighted by Crippen LogP contribution is -2.40. The van der Waals surface area contributed by atoms with Gasteiger partial charge in [-0.25, -0.2) is 28.1 Å². The fourth-order valence-electron chi connectivity index (χ4n) is 6.66. The first-order valence-corrected chi connectivity index (χ1v) is 16.7. The van der Waals surface area contributed by atoms with Gasteiger partial charge < -0.3 is 9.47 Å². The molecule has 0 spiro atoms. The van der Waals surface area contributed by atoms with Gasteiger partial charge in [0.1, 0.15) is 11.9 Å². The average molecular weight is 614 g/mol. The monoisotopic (exact) mass is 613 g/mol. The molecule has 4 aromatic rings. The number of fused-ring (bicyclic) bond motifs is 7. The molecule has 4 unspecified atom stereocenters. The zero-order valence-corrected chi connectivity index (χ0v) is 26.8. The van der Waals surface area contributed by atoms with Crippen molar-refractivity contribution in [2.24, 2.45) is 11.8 Å². The summed E-state index contributed by atoms with van der Waals surface area (Å²) in [6.07, 6.45) is 4.72. The number of nitrogens with one attached hydrogen (secondary N) is 1. The minimum atomic E-state index is -4.00. The van der Waals surface area contributed by atoms with E-state index in [2.05, 4.69) is 28.5 Å². The molecule has 1 N–H and O–H groups in total. The molecule has 3 heterocycles. The highest BCUT2D eigenvalue weighted by molar-refractivity contribution is 7.92. The number of hydrogen-bond donors (Lipinski definition) is 1. The van der Waals surface area contributed by atoms with Gasteiger partial charge in [-0.15, -0.1) is 0 Å². The van der Waals surface area contributed by atoms with Gasteiger partial charge in [0.05, 0.1) is 29.1 Å². The van der Waals surface area contributed by atoms with Crippen molar-refractivity contribution in [3.8, 4) is 22.9 Å². The van der Waals surface area contributed by atoms with Gasteiger partial charge in [-0.1, -0.05) is 44.2 Å². The normalized spacial score (nSPS) is 22.4. The van der Waals surface area contributed by atoms with Gasteiger partial charge in [-0.3, -0.25) is 0 Å². The Morgan fingerprint density at radius 2 is 1.61 bits per heavy atom. The van der Waals surface area contributed by atoms with Crippen LogP contribution in [0.3, 0.4) is 0 Å². The number of anilines is 1. The van der Waals surface area contributed by atoms with Gasteiger partial charge in [0.2, 0.25) is 11.8 Å². The summed E-state index contributed by atoms with van der Waals surface area (Å²) in [6, 6.07) is 15.0. The fraction of sp³-hybridized carbons (Fsp3) is 0.412. The number of benzene rings is 2. The Morgan fingerprint density at radius 3 is 2.30 bits per heavy atom. The second-order valence-electron chi connectivity index (χ2n) is 12.6. The third-order valence-corrected chi connectivity index (χ3v) is 10.0. The third-order valence-electron chi connectivity index (χ3n) is 8.72. The van der Waals surface area contributed by atoms with Crippen LogP contribution in [0.1, 0.15) is 74.9 Å². The lowest BCUT2D eigenvalue weighted by atomic mass is 9.66. The zero-order chi connectivity index (χ0) is 31.2. The van der Waals surface area contributed by atoms with Crippen LogP contribution in [0.25, 0.3) is 11.3 Å². The first-order chi connectivity index (χ1) is 21.0. The summed E-state index contributed by atoms with van der Waals surface area (Å²) in [5.41, 5.74) is 4.50. The fourth-order valence-corrected chi connectivity index (χ4v) is 7.66. The number of aryl methyl sites for hydroxylation is 2. The molecule has 230 valence electrons. The molecule has 0 saturated heterocycles. The van der Waals surface area contributed by atoms with Crippen LogP contribution >= 0.6 is 0 Å². The largest absolute Gasteiger partial charge is 0.488 e. The second kappa shape index (κ2) is 11.8. The lowest BCUT2D eigenvalue weighted by molar-refractivity contribution is 0.0428. The molecule has 10 heteroatoms. The van der Waals surface area contributed by atoms with Crippen LogP contribution in [0.5, 0.6) is 11.6 Å². The molecule has 1 fully saturated rings. The molecule has 2 aliphatic rings. The highest BCUT2D eigenvalue weighted by Gasteiger charge is 2.43. The maximum atomic E-state index is 13.7. The van der Waals surface area contributed by atoms with Gasteiger partial charge in [0.25, 0.3) is 10.0 Å². The Balaban J connectivity index is 1.48. The van der Waals surface area contributed by atoms with E-state index in [-0.39, 0.29) is 40.8 Å². The molecule has 44 heavy (non-hydrogen) atoms. The van der Waals surface area contributed by atoms with Crippen LogP contribution in [0.15, 0.2) is 65.8 Å². The smallest absolute Gasteiger partial charge is 0.264 e. The standard InChI is InChI=1S/C34H39N5O4S/c1-19(2)26-14-28(33-35-17-24(18-36-33)42-20(3)4)27-15-30(26)43-31-16-29(32-21(5)9-7-10-22(32)6)37-34(38-31)39-44(40,41)25-12-8-11-23(27)13-25/h7-13,16-20,26-28,30H,14-15H2,1-6H3,(H,37,38,39). The van der Waals surface area contributed by atoms with E-state index in [9.17, 15) is 8.42 Å². The highest BCUT2D eigenvalue weighted by atomic mass is 32.2. The van der Waals surface area contributed by atoms with Gasteiger partial charge in [0, 0.05) is 17.5 Å². The molecule has 0 radical (unpaired) electrons. The molecule has 1 aliphatic heterocycles. The summed E-state index contributed by atoms with van der Waals surface area (Å²) in [6.45, 7) is 12.4. The molecule has 0 amide bonds. The van der Waals surface area contributed by atoms with Crippen LogP contribution in [0, 0.1) is 25.7 Å². The molecule has 2 aromatic carbocycles. The van der Waals surface area contributed by atoms with Gasteiger partial charge in [-0.2, -0.15) is 4.98 Å². The quantitative estimate of drug-likeness (QED) is 0.260. The summed E-state index contributed by atoms with van der Waals surface area (Å²) >= 11 is 0. The van der Waals surface area contributed by atoms with E-state index < -0.39 is 10.0 Å². The minimum absolute atomic E-state index is 0.0181. The average Bonchev–Trinajstić information content (AvgIpc) is 2.96. The van der Waals surface area contributed by atoms with E-state index in [0.29, 0.717) is 29.7 Å². The summed E-state index contributed by atoms with van der Waals surface area (Å²) in [5.74, 6) is 2.03. The first-order valence-electron chi connectivity index (χ1n) is 15.2. The second-order valence-corrected chi connectivity index (χ2v) is 14.2. The number of rotatable bonds is 5. The van der Waals surface area contributed by atoms with Crippen LogP contribution in [-0.4, -0.2) is 40.6 Å². The number of aromatic nitrogens is 4. The summed E-state index contributed by atoms with van der Waals surface area (Å²) in [7, 11) is -4.00. The van der Waals surface area contributed by atoms with Crippen LogP contribution < -0.4 is 14.2 Å². The van der Waals surface area contributed by atoms with Crippen molar-refractivity contribution in [1.29, 1.82) is 0 Å². The topological polar surface area (TPSA) is 116 Å². The van der Waals surface area contributed by atoms with E-state index in [1.807, 2.05) is 58.0 Å². The summed E-state index contributed by atoms with van der Waals surface area (Å²) in [4.78, 5) is 18.9. The van der Waals surface area contributed by atoms with E-state index >= 15 is 0 Å². The van der Waals surface area contributed by atoms with E-state index in [0.717, 1.165) is 34.5 Å². The van der Waals surface area contributed by atoms with Crippen molar-refractivity contribution in [3.05, 3.63) is 83.4 Å². The number of ether oxygens (including phenoxy) is 2. The van der Waals surface area contributed by atoms with Gasteiger partial charge >= 0.3 is 0 Å². The van der Waals surface area contributed by atoms with Crippen molar-refractivity contribution in [1.82, 2.24) is 19.9 Å². The van der Waals surface area contributed by atoms with Crippen molar-refractivity contribution >= 4 is 16.0 Å². The first kappa shape index (κ1) is 30.0. The summed E-state index contributed by atoms with van der Waals surface area (Å²) < 4.78 is 42.6. The Labute approximate surface area is 259 Å². The van der Waals surface area contributed by atoms with E-state index in [1.54, 1.807) is 30.6 Å². The Hall–Kier alpha value is -4.05. The molecule has 4 atom stereocenters. The van der Waals surface area contributed by atoms with Crippen molar-refractivity contribution in [2.75, 3.05) is 4.72 Å². The van der Waals surface area contributed by atoms with Gasteiger partial charge in [-0.05, 0) is 87.1 Å². The summed E-state index contributed by atoms with van der Waals surface area (Å²) in [5, 5.41) is 0. The predicted molar refractivity (Wildman–Crippen MR) is 169 cm³/mol. The van der Waals surface area contributed by atoms with Crippen LogP contribution in [0.2, 0.25) is 0 Å². The Morgan fingerprint density at radius 1 is 0.909 bits per heavy atom. The maximum absolute atomic E-state index is 13.7. The SMILES string of the molecule is Cc1cccc(C)c1-c1cc2nc(n1)NS(=O)(=O)c1cccc(c1)C1CC(O2)C(C(C)C)CC1c1ncc(OC(C)C)cn1. The van der Waals surface area contributed by atoms with Crippen molar-refractivity contribution < 1.29 is 17.9 Å². The Bertz CT molecular complexity index is 1750. The number of hydrogen-bond acceptors (Lipinski definition) is 8. The maximum Gasteiger partial charge on any atom is 0.264 e. The molecule has 6 bridgehead atoms. The Kier molecular flexibility index (Phi) is 8.04. The van der Waals surface area contributed by atoms with Gasteiger partial charge in [0.15, 0.2) is 5.75 Å². The molecule has 1 saturated carbocycles. The number of nitrogens with zero attached hydrogens (tertiary/aromatic N) is 4. The third kappa shape index (κ3) is 6.00. The van der Waals surface area contributed by atoms with Crippen LogP contribution in [0.4, 0.5) is 5.95 Å². The molecule has 6 rings (SSSR count). The minimum Gasteiger partial charge on any atom is -0.488 e. The number of sulfonamides is 1. The highest BCUT2D eigenvalue weighted by Crippen LogP contribution is 2.49. The molecular formula is C34H39N5O4S. The molecular weight excluding hydrogens is 574 g/mol. The van der Waals surface area contributed by atoms with Crippen LogP contribution in [-0.2, 0) is 10.0 Å².